The molecule has 0 bridgehead atoms. The van der Waals surface area contributed by atoms with Gasteiger partial charge in [0.25, 0.3) is 5.88 Å². The van der Waals surface area contributed by atoms with Crippen LogP contribution in [-0.2, 0) is 9.31 Å². The van der Waals surface area contributed by atoms with Gasteiger partial charge in [0.2, 0.25) is 0 Å². The van der Waals surface area contributed by atoms with Crippen LogP contribution >= 0.6 is 11.8 Å². The minimum absolute atomic E-state index is 0.300. The maximum absolute atomic E-state index is 11.4. The van der Waals surface area contributed by atoms with E-state index in [1.807, 2.05) is 39.8 Å². The van der Waals surface area contributed by atoms with E-state index in [4.69, 9.17) is 15.9 Å². The third kappa shape index (κ3) is 3.00. The number of thioether (sulfide) groups is 1. The van der Waals surface area contributed by atoms with Crippen LogP contribution < -0.4 is 5.46 Å². The van der Waals surface area contributed by atoms with Gasteiger partial charge in [0, 0.05) is 15.9 Å². The number of hydrogen-bond acceptors (Lipinski definition) is 4. The summed E-state index contributed by atoms with van der Waals surface area (Å²) in [4.78, 5) is 15.6. The molecule has 0 aromatic heterocycles. The average molecular weight is 303 g/mol. The molecule has 21 heavy (non-hydrogen) atoms. The van der Waals surface area contributed by atoms with Crippen LogP contribution in [-0.4, -0.2) is 30.5 Å². The molecule has 0 saturated carbocycles. The summed E-state index contributed by atoms with van der Waals surface area (Å²) >= 11 is 1.39. The summed E-state index contributed by atoms with van der Waals surface area (Å²) in [5, 5.41) is 0. The molecule has 4 nitrogen and oxygen atoms in total. The van der Waals surface area contributed by atoms with Gasteiger partial charge < -0.3 is 14.2 Å². The van der Waals surface area contributed by atoms with Crippen molar-refractivity contribution in [2.24, 2.45) is 0 Å². The lowest BCUT2D eigenvalue weighted by Crippen LogP contribution is -2.41. The molecule has 0 N–H and O–H groups in total. The maximum atomic E-state index is 11.4. The first kappa shape index (κ1) is 16.1. The lowest BCUT2D eigenvalue weighted by atomic mass is 9.76. The molecule has 0 radical (unpaired) electrons. The molecule has 1 heterocycles. The Morgan fingerprint density at radius 3 is 2.43 bits per heavy atom. The molecule has 1 saturated heterocycles. The van der Waals surface area contributed by atoms with Crippen LogP contribution in [0, 0.1) is 6.57 Å². The highest BCUT2D eigenvalue weighted by molar-refractivity contribution is 7.99. The van der Waals surface area contributed by atoms with Crippen molar-refractivity contribution in [3.8, 4) is 0 Å². The molecule has 1 fully saturated rings. The van der Waals surface area contributed by atoms with Crippen LogP contribution in [0.2, 0.25) is 0 Å². The Balaban J connectivity index is 2.44. The van der Waals surface area contributed by atoms with Crippen molar-refractivity contribution in [2.45, 2.75) is 43.8 Å². The average Bonchev–Trinajstić information content (AvgIpc) is 2.64. The predicted molar refractivity (Wildman–Crippen MR) is 84.9 cm³/mol. The second-order valence-electron chi connectivity index (χ2n) is 5.90. The van der Waals surface area contributed by atoms with Crippen LogP contribution in [0.5, 0.6) is 0 Å². The molecular formula is C15H18BNO3S. The van der Waals surface area contributed by atoms with Crippen LogP contribution in [0.1, 0.15) is 38.1 Å². The molecule has 1 aliphatic heterocycles. The van der Waals surface area contributed by atoms with Gasteiger partial charge in [0.05, 0.1) is 11.2 Å². The Hall–Kier alpha value is -1.29. The highest BCUT2D eigenvalue weighted by atomic mass is 32.2. The lowest BCUT2D eigenvalue weighted by molar-refractivity contribution is 0.00578. The van der Waals surface area contributed by atoms with Crippen molar-refractivity contribution in [1.82, 2.24) is 0 Å². The minimum atomic E-state index is -0.593. The van der Waals surface area contributed by atoms with Gasteiger partial charge in [-0.15, -0.1) is 0 Å². The molecule has 0 spiro atoms. The van der Waals surface area contributed by atoms with Crippen molar-refractivity contribution in [1.29, 1.82) is 0 Å². The monoisotopic (exact) mass is 303 g/mol. The molecule has 1 aliphatic rings. The molecule has 1 aromatic carbocycles. The topological polar surface area (TPSA) is 39.9 Å². The van der Waals surface area contributed by atoms with Crippen LogP contribution in [0.3, 0.4) is 0 Å². The Morgan fingerprint density at radius 2 is 1.90 bits per heavy atom. The van der Waals surface area contributed by atoms with Gasteiger partial charge in [-0.3, -0.25) is 4.79 Å². The van der Waals surface area contributed by atoms with Gasteiger partial charge in [0.15, 0.2) is 0 Å². The van der Waals surface area contributed by atoms with Crippen LogP contribution in [0.25, 0.3) is 4.85 Å². The first-order valence-corrected chi connectivity index (χ1v) is 7.70. The Labute approximate surface area is 130 Å². The minimum Gasteiger partial charge on any atom is -0.399 e. The number of nitrogens with zero attached hydrogens (tertiary/aromatic N) is 1. The number of rotatable bonds is 4. The third-order valence-corrected chi connectivity index (χ3v) is 4.93. The molecule has 6 heteroatoms. The fourth-order valence-electron chi connectivity index (χ4n) is 2.10. The summed E-state index contributed by atoms with van der Waals surface area (Å²) < 4.78 is 12.1. The Bertz CT molecular complexity index is 579. The highest BCUT2D eigenvalue weighted by Crippen LogP contribution is 2.37. The van der Waals surface area contributed by atoms with Crippen molar-refractivity contribution >= 4 is 30.6 Å². The number of aldehydes is 1. The van der Waals surface area contributed by atoms with E-state index in [0.29, 0.717) is 11.4 Å². The molecule has 0 amide bonds. The standard InChI is InChI=1S/C15H18BNO3S/c1-14(2)15(3,4)20-16(19-14)13-11(9-18)7-6-8-12(13)21-10-17-5/h6-9H,10H2,1-4H3. The normalized spacial score (nSPS) is 19.3. The SMILES string of the molecule is [C-]#[N+]CSc1cccc(C=O)c1B1OC(C)(C)C(C)(C)O1. The van der Waals surface area contributed by atoms with E-state index in [1.54, 1.807) is 6.07 Å². The molecule has 1 aromatic rings. The van der Waals surface area contributed by atoms with Gasteiger partial charge in [-0.2, -0.15) is 0 Å². The molecular weight excluding hydrogens is 285 g/mol. The molecule has 0 unspecified atom stereocenters. The van der Waals surface area contributed by atoms with E-state index in [0.717, 1.165) is 16.6 Å². The zero-order valence-electron chi connectivity index (χ0n) is 12.7. The summed E-state index contributed by atoms with van der Waals surface area (Å²) in [6, 6.07) is 5.45. The van der Waals surface area contributed by atoms with Gasteiger partial charge in [-0.1, -0.05) is 12.1 Å². The zero-order valence-corrected chi connectivity index (χ0v) is 13.5. The molecule has 110 valence electrons. The third-order valence-electron chi connectivity index (χ3n) is 4.00. The first-order chi connectivity index (χ1) is 9.82. The van der Waals surface area contributed by atoms with Gasteiger partial charge >= 0.3 is 7.12 Å². The Morgan fingerprint density at radius 1 is 1.29 bits per heavy atom. The fourth-order valence-corrected chi connectivity index (χ4v) is 2.85. The van der Waals surface area contributed by atoms with Crippen LogP contribution in [0.15, 0.2) is 23.1 Å². The molecule has 0 atom stereocenters. The second-order valence-corrected chi connectivity index (χ2v) is 6.88. The summed E-state index contributed by atoms with van der Waals surface area (Å²) in [5.41, 5.74) is 0.341. The highest BCUT2D eigenvalue weighted by Gasteiger charge is 2.52. The quantitative estimate of drug-likeness (QED) is 0.371. The van der Waals surface area contributed by atoms with E-state index in [-0.39, 0.29) is 0 Å². The van der Waals surface area contributed by atoms with Gasteiger partial charge in [0.1, 0.15) is 6.29 Å². The van der Waals surface area contributed by atoms with E-state index in [1.165, 1.54) is 11.8 Å². The number of carbonyl (C=O) groups is 1. The number of benzene rings is 1. The van der Waals surface area contributed by atoms with Crippen molar-refractivity contribution in [3.05, 3.63) is 35.2 Å². The smallest absolute Gasteiger partial charge is 0.399 e. The number of hydrogen-bond donors (Lipinski definition) is 0. The maximum Gasteiger partial charge on any atom is 0.496 e. The predicted octanol–water partition coefficient (Wildman–Crippen LogP) is 2.77. The molecule has 2 rings (SSSR count). The largest absolute Gasteiger partial charge is 0.496 e. The summed E-state index contributed by atoms with van der Waals surface area (Å²) in [6.45, 7) is 14.8. The summed E-state index contributed by atoms with van der Waals surface area (Å²) in [6.07, 6.45) is 0.808. The van der Waals surface area contributed by atoms with Crippen LogP contribution in [0.4, 0.5) is 0 Å². The van der Waals surface area contributed by atoms with Crippen molar-refractivity contribution < 1.29 is 14.1 Å². The zero-order chi connectivity index (χ0) is 15.7. The summed E-state index contributed by atoms with van der Waals surface area (Å²) in [7, 11) is -0.593. The van der Waals surface area contributed by atoms with Gasteiger partial charge in [-0.25, -0.2) is 6.57 Å². The van der Waals surface area contributed by atoms with E-state index >= 15 is 0 Å². The van der Waals surface area contributed by atoms with E-state index in [2.05, 4.69) is 4.85 Å². The van der Waals surface area contributed by atoms with Crippen molar-refractivity contribution in [3.63, 3.8) is 0 Å². The van der Waals surface area contributed by atoms with Gasteiger partial charge in [-0.05, 0) is 45.5 Å². The second kappa shape index (κ2) is 5.84. The Kier molecular flexibility index (Phi) is 4.47. The van der Waals surface area contributed by atoms with Crippen molar-refractivity contribution in [2.75, 3.05) is 5.88 Å². The summed E-state index contributed by atoms with van der Waals surface area (Å²) in [5.74, 6) is 0.300. The number of carbonyl (C=O) groups excluding carboxylic acids is 1. The molecule has 0 aliphatic carbocycles. The van der Waals surface area contributed by atoms with E-state index in [9.17, 15) is 4.79 Å². The fraction of sp³-hybridized carbons (Fsp3) is 0.467. The van der Waals surface area contributed by atoms with E-state index < -0.39 is 18.3 Å². The lowest BCUT2D eigenvalue weighted by Gasteiger charge is -2.32. The first-order valence-electron chi connectivity index (χ1n) is 6.72.